The minimum absolute atomic E-state index is 0.0987. The van der Waals surface area contributed by atoms with E-state index in [0.29, 0.717) is 30.5 Å². The maximum atomic E-state index is 13.2. The molecule has 2 amide bonds. The summed E-state index contributed by atoms with van der Waals surface area (Å²) < 4.78 is 1.71. The van der Waals surface area contributed by atoms with Gasteiger partial charge in [-0.3, -0.25) is 19.5 Å². The third kappa shape index (κ3) is 3.52. The highest BCUT2D eigenvalue weighted by Gasteiger charge is 2.37. The number of benzene rings is 1. The number of primary amides is 1. The van der Waals surface area contributed by atoms with Gasteiger partial charge < -0.3 is 10.6 Å². The second kappa shape index (κ2) is 8.31. The minimum Gasteiger partial charge on any atom is -0.368 e. The summed E-state index contributed by atoms with van der Waals surface area (Å²) in [6.45, 7) is 4.04. The molecule has 3 aromatic rings. The molecule has 32 heavy (non-hydrogen) atoms. The van der Waals surface area contributed by atoms with Crippen LogP contribution in [0.15, 0.2) is 36.5 Å². The van der Waals surface area contributed by atoms with E-state index in [-0.39, 0.29) is 17.9 Å². The highest BCUT2D eigenvalue weighted by Crippen LogP contribution is 2.27. The lowest BCUT2D eigenvalue weighted by atomic mass is 10.0. The highest BCUT2D eigenvalue weighted by atomic mass is 16.2. The SMILES string of the molecule is Cc1c(C(=O)N2CCC(N3CCCC3C(N)=O)CC2)nnn1-c1cccc2ncccc12. The van der Waals surface area contributed by atoms with Crippen LogP contribution in [0, 0.1) is 6.92 Å². The van der Waals surface area contributed by atoms with Gasteiger partial charge in [-0.25, -0.2) is 4.68 Å². The fraction of sp³-hybridized carbons (Fsp3) is 0.435. The molecular weight excluding hydrogens is 406 g/mol. The average Bonchev–Trinajstić information content (AvgIpc) is 3.46. The van der Waals surface area contributed by atoms with Crippen molar-refractivity contribution in [3.05, 3.63) is 47.9 Å². The van der Waals surface area contributed by atoms with Crippen LogP contribution in [-0.4, -0.2) is 73.3 Å². The van der Waals surface area contributed by atoms with Gasteiger partial charge in [-0.2, -0.15) is 0 Å². The van der Waals surface area contributed by atoms with E-state index >= 15 is 0 Å². The Morgan fingerprint density at radius 2 is 1.88 bits per heavy atom. The number of carbonyl (C=O) groups excluding carboxylic acids is 2. The number of aromatic nitrogens is 4. The first kappa shape index (κ1) is 20.6. The number of piperidine rings is 1. The number of rotatable bonds is 4. The molecule has 2 aliphatic heterocycles. The second-order valence-electron chi connectivity index (χ2n) is 8.60. The van der Waals surface area contributed by atoms with Crippen LogP contribution < -0.4 is 5.73 Å². The minimum atomic E-state index is -0.239. The van der Waals surface area contributed by atoms with Crippen molar-refractivity contribution in [2.75, 3.05) is 19.6 Å². The van der Waals surface area contributed by atoms with Gasteiger partial charge in [0.25, 0.3) is 5.91 Å². The molecule has 1 atom stereocenters. The molecule has 9 heteroatoms. The van der Waals surface area contributed by atoms with Gasteiger partial charge in [-0.1, -0.05) is 11.3 Å². The number of amides is 2. The van der Waals surface area contributed by atoms with Gasteiger partial charge in [0.15, 0.2) is 5.69 Å². The van der Waals surface area contributed by atoms with Crippen LogP contribution >= 0.6 is 0 Å². The Bertz CT molecular complexity index is 1160. The summed E-state index contributed by atoms with van der Waals surface area (Å²) in [6.07, 6.45) is 5.25. The third-order valence-electron chi connectivity index (χ3n) is 6.79. The first-order chi connectivity index (χ1) is 15.5. The maximum Gasteiger partial charge on any atom is 0.276 e. The topological polar surface area (TPSA) is 110 Å². The molecule has 166 valence electrons. The lowest BCUT2D eigenvalue weighted by molar-refractivity contribution is -0.123. The Hall–Kier alpha value is -3.33. The molecule has 5 rings (SSSR count). The summed E-state index contributed by atoms with van der Waals surface area (Å²) in [6, 6.07) is 9.83. The number of fused-ring (bicyclic) bond motifs is 1. The first-order valence-electron chi connectivity index (χ1n) is 11.2. The normalized spacial score (nSPS) is 20.2. The van der Waals surface area contributed by atoms with Crippen LogP contribution in [0.4, 0.5) is 0 Å². The number of likely N-dealkylation sites (tertiary alicyclic amines) is 2. The zero-order valence-electron chi connectivity index (χ0n) is 18.1. The fourth-order valence-electron chi connectivity index (χ4n) is 5.11. The summed E-state index contributed by atoms with van der Waals surface area (Å²) in [4.78, 5) is 33.5. The smallest absolute Gasteiger partial charge is 0.276 e. The van der Waals surface area contributed by atoms with Crippen molar-refractivity contribution in [3.8, 4) is 5.69 Å². The van der Waals surface area contributed by atoms with E-state index in [0.717, 1.165) is 48.8 Å². The molecule has 0 bridgehead atoms. The Balaban J connectivity index is 1.32. The molecular formula is C23H27N7O2. The molecule has 2 N–H and O–H groups in total. The predicted molar refractivity (Wildman–Crippen MR) is 119 cm³/mol. The molecule has 2 aromatic heterocycles. The molecule has 1 aromatic carbocycles. The molecule has 0 aliphatic carbocycles. The van der Waals surface area contributed by atoms with Crippen LogP contribution in [0.3, 0.4) is 0 Å². The zero-order chi connectivity index (χ0) is 22.2. The molecule has 2 saturated heterocycles. The Morgan fingerprint density at radius 1 is 1.06 bits per heavy atom. The van der Waals surface area contributed by atoms with Crippen LogP contribution in [0.25, 0.3) is 16.6 Å². The van der Waals surface area contributed by atoms with Gasteiger partial charge in [-0.15, -0.1) is 5.10 Å². The van der Waals surface area contributed by atoms with E-state index in [9.17, 15) is 9.59 Å². The Kier molecular flexibility index (Phi) is 5.34. The van der Waals surface area contributed by atoms with Gasteiger partial charge >= 0.3 is 0 Å². The maximum absolute atomic E-state index is 13.2. The van der Waals surface area contributed by atoms with Gasteiger partial charge in [-0.05, 0) is 63.4 Å². The Labute approximate surface area is 186 Å². The molecule has 2 aliphatic rings. The predicted octanol–water partition coefficient (Wildman–Crippen LogP) is 1.68. The van der Waals surface area contributed by atoms with Gasteiger partial charge in [0.2, 0.25) is 5.91 Å². The average molecular weight is 434 g/mol. The molecule has 0 spiro atoms. The summed E-state index contributed by atoms with van der Waals surface area (Å²) in [5.74, 6) is -0.338. The van der Waals surface area contributed by atoms with Crippen molar-refractivity contribution < 1.29 is 9.59 Å². The van der Waals surface area contributed by atoms with Crippen molar-refractivity contribution in [2.24, 2.45) is 5.73 Å². The fourth-order valence-corrected chi connectivity index (χ4v) is 5.11. The molecule has 2 fully saturated rings. The number of pyridine rings is 1. The summed E-state index contributed by atoms with van der Waals surface area (Å²) >= 11 is 0. The highest BCUT2D eigenvalue weighted by molar-refractivity contribution is 5.94. The summed E-state index contributed by atoms with van der Waals surface area (Å²) in [5, 5.41) is 9.48. The van der Waals surface area contributed by atoms with E-state index in [1.54, 1.807) is 10.9 Å². The molecule has 0 saturated carbocycles. The molecule has 9 nitrogen and oxygen atoms in total. The van der Waals surface area contributed by atoms with Crippen molar-refractivity contribution in [3.63, 3.8) is 0 Å². The monoisotopic (exact) mass is 433 g/mol. The lowest BCUT2D eigenvalue weighted by Crippen LogP contribution is -2.51. The quantitative estimate of drug-likeness (QED) is 0.670. The second-order valence-corrected chi connectivity index (χ2v) is 8.60. The van der Waals surface area contributed by atoms with Crippen LogP contribution in [0.5, 0.6) is 0 Å². The van der Waals surface area contributed by atoms with Gasteiger partial charge in [0.1, 0.15) is 0 Å². The molecule has 0 radical (unpaired) electrons. The number of nitrogens with zero attached hydrogens (tertiary/aromatic N) is 6. The third-order valence-corrected chi connectivity index (χ3v) is 6.79. The van der Waals surface area contributed by atoms with E-state index in [4.69, 9.17) is 5.73 Å². The van der Waals surface area contributed by atoms with E-state index in [1.807, 2.05) is 42.2 Å². The largest absolute Gasteiger partial charge is 0.368 e. The number of carbonyl (C=O) groups is 2. The van der Waals surface area contributed by atoms with Gasteiger partial charge in [0, 0.05) is 30.7 Å². The standard InChI is InChI=1S/C23H27N7O2/c1-15-21(26-27-30(15)19-7-2-6-18-17(19)5-3-11-25-18)23(32)28-13-9-16(10-14-28)29-12-4-8-20(29)22(24)31/h2-3,5-7,11,16,20H,4,8-10,12-14H2,1H3,(H2,24,31). The van der Waals surface area contributed by atoms with E-state index < -0.39 is 0 Å². The van der Waals surface area contributed by atoms with Crippen molar-refractivity contribution in [2.45, 2.75) is 44.7 Å². The van der Waals surface area contributed by atoms with Crippen molar-refractivity contribution >= 4 is 22.7 Å². The lowest BCUT2D eigenvalue weighted by Gasteiger charge is -2.38. The van der Waals surface area contributed by atoms with Crippen molar-refractivity contribution in [1.29, 1.82) is 0 Å². The Morgan fingerprint density at radius 3 is 2.66 bits per heavy atom. The molecule has 1 unspecified atom stereocenters. The molecule has 4 heterocycles. The van der Waals surface area contributed by atoms with Crippen LogP contribution in [-0.2, 0) is 4.79 Å². The zero-order valence-corrected chi connectivity index (χ0v) is 18.1. The van der Waals surface area contributed by atoms with Crippen LogP contribution in [0.1, 0.15) is 41.9 Å². The number of nitrogens with two attached hydrogens (primary N) is 1. The van der Waals surface area contributed by atoms with Crippen molar-refractivity contribution in [1.82, 2.24) is 29.8 Å². The summed E-state index contributed by atoms with van der Waals surface area (Å²) in [5.41, 5.74) is 8.39. The summed E-state index contributed by atoms with van der Waals surface area (Å²) in [7, 11) is 0. The van der Waals surface area contributed by atoms with E-state index in [2.05, 4.69) is 20.2 Å². The van der Waals surface area contributed by atoms with Crippen LogP contribution in [0.2, 0.25) is 0 Å². The first-order valence-corrected chi connectivity index (χ1v) is 11.2. The van der Waals surface area contributed by atoms with Gasteiger partial charge in [0.05, 0.1) is 22.9 Å². The van der Waals surface area contributed by atoms with E-state index in [1.165, 1.54) is 0 Å². The number of hydrogen-bond donors (Lipinski definition) is 1. The number of hydrogen-bond acceptors (Lipinski definition) is 6.